The standard InChI is InChI=1S/C9H14O/c1-7-3-4-9(5-7)8(2)6-10/h6-7H,3-5H2,1-2H3/b9-8+. The van der Waals surface area contributed by atoms with Crippen LogP contribution >= 0.6 is 0 Å². The lowest BCUT2D eigenvalue weighted by Gasteiger charge is -1.97. The first kappa shape index (κ1) is 7.52. The van der Waals surface area contributed by atoms with Crippen molar-refractivity contribution in [3.8, 4) is 0 Å². The summed E-state index contributed by atoms with van der Waals surface area (Å²) in [6, 6.07) is 0. The predicted octanol–water partition coefficient (Wildman–Crippen LogP) is 2.32. The second-order valence-corrected chi connectivity index (χ2v) is 3.25. The van der Waals surface area contributed by atoms with E-state index in [0.717, 1.165) is 30.6 Å². The molecule has 1 saturated carbocycles. The smallest absolute Gasteiger partial charge is 0.145 e. The summed E-state index contributed by atoms with van der Waals surface area (Å²) in [6.45, 7) is 4.16. The molecule has 1 nitrogen and oxygen atoms in total. The van der Waals surface area contributed by atoms with Gasteiger partial charge in [-0.3, -0.25) is 4.79 Å². The van der Waals surface area contributed by atoms with Crippen LogP contribution in [0.15, 0.2) is 11.1 Å². The van der Waals surface area contributed by atoms with Crippen LogP contribution in [0.4, 0.5) is 0 Å². The van der Waals surface area contributed by atoms with E-state index in [1.165, 1.54) is 12.0 Å². The van der Waals surface area contributed by atoms with E-state index in [0.29, 0.717) is 0 Å². The van der Waals surface area contributed by atoms with E-state index in [2.05, 4.69) is 6.92 Å². The van der Waals surface area contributed by atoms with Crippen LogP contribution in [0.2, 0.25) is 0 Å². The summed E-state index contributed by atoms with van der Waals surface area (Å²) in [5.74, 6) is 0.796. The SMILES string of the molecule is C/C(C=O)=C1/CCC(C)C1. The molecule has 0 radical (unpaired) electrons. The zero-order chi connectivity index (χ0) is 7.56. The van der Waals surface area contributed by atoms with Crippen molar-refractivity contribution in [2.45, 2.75) is 33.1 Å². The Bertz CT molecular complexity index is 168. The monoisotopic (exact) mass is 138 g/mol. The Morgan fingerprint density at radius 2 is 2.40 bits per heavy atom. The number of allylic oxidation sites excluding steroid dienone is 2. The maximum absolute atomic E-state index is 10.3. The van der Waals surface area contributed by atoms with Gasteiger partial charge in [-0.05, 0) is 37.7 Å². The zero-order valence-corrected chi connectivity index (χ0v) is 6.68. The van der Waals surface area contributed by atoms with Crippen molar-refractivity contribution in [3.05, 3.63) is 11.1 Å². The Kier molecular flexibility index (Phi) is 2.25. The van der Waals surface area contributed by atoms with Gasteiger partial charge in [-0.15, -0.1) is 0 Å². The highest BCUT2D eigenvalue weighted by Crippen LogP contribution is 2.31. The highest BCUT2D eigenvalue weighted by molar-refractivity contribution is 5.73. The van der Waals surface area contributed by atoms with Crippen LogP contribution in [0.25, 0.3) is 0 Å². The largest absolute Gasteiger partial charge is 0.298 e. The van der Waals surface area contributed by atoms with E-state index in [1.54, 1.807) is 0 Å². The second-order valence-electron chi connectivity index (χ2n) is 3.25. The molecule has 1 fully saturated rings. The number of rotatable bonds is 1. The van der Waals surface area contributed by atoms with Gasteiger partial charge in [-0.25, -0.2) is 0 Å². The molecule has 0 amide bonds. The Hall–Kier alpha value is -0.590. The van der Waals surface area contributed by atoms with Crippen molar-refractivity contribution >= 4 is 6.29 Å². The topological polar surface area (TPSA) is 17.1 Å². The normalized spacial score (nSPS) is 30.4. The number of carbonyl (C=O) groups excluding carboxylic acids is 1. The Labute approximate surface area is 62.1 Å². The van der Waals surface area contributed by atoms with Crippen molar-refractivity contribution in [2.24, 2.45) is 5.92 Å². The highest BCUT2D eigenvalue weighted by atomic mass is 16.1. The van der Waals surface area contributed by atoms with E-state index < -0.39 is 0 Å². The lowest BCUT2D eigenvalue weighted by atomic mass is 10.1. The minimum Gasteiger partial charge on any atom is -0.298 e. The van der Waals surface area contributed by atoms with E-state index in [-0.39, 0.29) is 0 Å². The molecule has 1 aliphatic rings. The lowest BCUT2D eigenvalue weighted by Crippen LogP contribution is -1.85. The maximum Gasteiger partial charge on any atom is 0.145 e. The van der Waals surface area contributed by atoms with Gasteiger partial charge >= 0.3 is 0 Å². The average Bonchev–Trinajstić information content (AvgIpc) is 2.34. The molecule has 1 unspecified atom stereocenters. The van der Waals surface area contributed by atoms with Gasteiger partial charge in [-0.1, -0.05) is 12.5 Å². The average molecular weight is 138 g/mol. The van der Waals surface area contributed by atoms with Gasteiger partial charge in [0.15, 0.2) is 0 Å². The van der Waals surface area contributed by atoms with Crippen LogP contribution in [-0.4, -0.2) is 6.29 Å². The first-order valence-corrected chi connectivity index (χ1v) is 3.88. The van der Waals surface area contributed by atoms with Gasteiger partial charge < -0.3 is 0 Å². The Morgan fingerprint density at radius 1 is 1.70 bits per heavy atom. The van der Waals surface area contributed by atoms with E-state index in [1.807, 2.05) is 6.92 Å². The molecule has 0 aromatic heterocycles. The van der Waals surface area contributed by atoms with Crippen molar-refractivity contribution < 1.29 is 4.79 Å². The van der Waals surface area contributed by atoms with E-state index in [9.17, 15) is 4.79 Å². The molecule has 1 rings (SSSR count). The van der Waals surface area contributed by atoms with Gasteiger partial charge in [0.25, 0.3) is 0 Å². The van der Waals surface area contributed by atoms with E-state index in [4.69, 9.17) is 0 Å². The van der Waals surface area contributed by atoms with Crippen molar-refractivity contribution in [1.29, 1.82) is 0 Å². The molecule has 0 aromatic carbocycles. The minimum absolute atomic E-state index is 0.796. The number of carbonyl (C=O) groups is 1. The number of hydrogen-bond acceptors (Lipinski definition) is 1. The molecular weight excluding hydrogens is 124 g/mol. The summed E-state index contributed by atoms with van der Waals surface area (Å²) in [6.07, 6.45) is 4.53. The molecule has 0 heterocycles. The summed E-state index contributed by atoms with van der Waals surface area (Å²) >= 11 is 0. The predicted molar refractivity (Wildman–Crippen MR) is 41.8 cm³/mol. The lowest BCUT2D eigenvalue weighted by molar-refractivity contribution is -0.104. The summed E-state index contributed by atoms with van der Waals surface area (Å²) < 4.78 is 0. The molecule has 0 spiro atoms. The molecular formula is C9H14O. The van der Waals surface area contributed by atoms with Crippen LogP contribution in [0, 0.1) is 5.92 Å². The molecule has 1 heteroatoms. The van der Waals surface area contributed by atoms with Gasteiger partial charge in [0, 0.05) is 0 Å². The molecule has 1 atom stereocenters. The fraction of sp³-hybridized carbons (Fsp3) is 0.667. The summed E-state index contributed by atoms with van der Waals surface area (Å²) in [5, 5.41) is 0. The minimum atomic E-state index is 0.796. The van der Waals surface area contributed by atoms with Gasteiger partial charge in [0.2, 0.25) is 0 Å². The fourth-order valence-corrected chi connectivity index (χ4v) is 1.49. The first-order valence-electron chi connectivity index (χ1n) is 3.88. The van der Waals surface area contributed by atoms with Crippen LogP contribution < -0.4 is 0 Å². The quantitative estimate of drug-likeness (QED) is 0.401. The maximum atomic E-state index is 10.3. The zero-order valence-electron chi connectivity index (χ0n) is 6.68. The summed E-state index contributed by atoms with van der Waals surface area (Å²) in [7, 11) is 0. The third-order valence-electron chi connectivity index (χ3n) is 2.27. The first-order chi connectivity index (χ1) is 4.74. The van der Waals surface area contributed by atoms with Gasteiger partial charge in [0.1, 0.15) is 6.29 Å². The van der Waals surface area contributed by atoms with Crippen LogP contribution in [0.1, 0.15) is 33.1 Å². The fourth-order valence-electron chi connectivity index (χ4n) is 1.49. The van der Waals surface area contributed by atoms with Crippen LogP contribution in [-0.2, 0) is 4.79 Å². The summed E-state index contributed by atoms with van der Waals surface area (Å²) in [5.41, 5.74) is 2.34. The molecule has 0 aromatic rings. The molecule has 1 aliphatic carbocycles. The summed E-state index contributed by atoms with van der Waals surface area (Å²) in [4.78, 5) is 10.3. The third kappa shape index (κ3) is 1.47. The van der Waals surface area contributed by atoms with Crippen LogP contribution in [0.5, 0.6) is 0 Å². The van der Waals surface area contributed by atoms with Gasteiger partial charge in [-0.2, -0.15) is 0 Å². The van der Waals surface area contributed by atoms with Crippen LogP contribution in [0.3, 0.4) is 0 Å². The molecule has 0 saturated heterocycles. The van der Waals surface area contributed by atoms with Crippen molar-refractivity contribution in [2.75, 3.05) is 0 Å². The highest BCUT2D eigenvalue weighted by Gasteiger charge is 2.16. The van der Waals surface area contributed by atoms with Gasteiger partial charge in [0.05, 0.1) is 0 Å². The molecule has 0 aliphatic heterocycles. The molecule has 10 heavy (non-hydrogen) atoms. The van der Waals surface area contributed by atoms with Crippen molar-refractivity contribution in [1.82, 2.24) is 0 Å². The van der Waals surface area contributed by atoms with E-state index >= 15 is 0 Å². The number of hydrogen-bond donors (Lipinski definition) is 0. The molecule has 0 bridgehead atoms. The Balaban J connectivity index is 2.66. The van der Waals surface area contributed by atoms with Crippen molar-refractivity contribution in [3.63, 3.8) is 0 Å². The molecule has 0 N–H and O–H groups in total. The second kappa shape index (κ2) is 3.00. The molecule has 56 valence electrons. The Morgan fingerprint density at radius 3 is 2.80 bits per heavy atom. The third-order valence-corrected chi connectivity index (χ3v) is 2.27. The number of aldehydes is 1.